The Bertz CT molecular complexity index is 1050. The summed E-state index contributed by atoms with van der Waals surface area (Å²) in [6, 6.07) is 9.81. The van der Waals surface area contributed by atoms with Crippen molar-refractivity contribution in [2.45, 2.75) is 35.3 Å². The zero-order valence-electron chi connectivity index (χ0n) is 15.3. The van der Waals surface area contributed by atoms with Gasteiger partial charge < -0.3 is 10.6 Å². The zero-order chi connectivity index (χ0) is 20.5. The summed E-state index contributed by atoms with van der Waals surface area (Å²) in [7, 11) is -3.68. The average Bonchev–Trinajstić information content (AvgIpc) is 2.63. The van der Waals surface area contributed by atoms with Crippen LogP contribution < -0.4 is 10.6 Å². The number of carbonyl (C=O) groups excluding carboxylic acids is 2. The molecule has 0 saturated heterocycles. The van der Waals surface area contributed by atoms with Crippen molar-refractivity contribution in [2.24, 2.45) is 0 Å². The van der Waals surface area contributed by atoms with Gasteiger partial charge >= 0.3 is 0 Å². The SMILES string of the molecule is Cc1ccc(NC(=O)CCS(=O)(=O)c2ccc3c(c2)NC(=O)[C@@H](C)S3)c(Cl)c1. The minimum Gasteiger partial charge on any atom is -0.325 e. The normalized spacial score (nSPS) is 16.2. The third-order valence-electron chi connectivity index (χ3n) is 4.24. The summed E-state index contributed by atoms with van der Waals surface area (Å²) in [5, 5.41) is 5.51. The van der Waals surface area contributed by atoms with E-state index in [1.54, 1.807) is 31.2 Å². The summed E-state index contributed by atoms with van der Waals surface area (Å²) in [5.41, 5.74) is 1.88. The summed E-state index contributed by atoms with van der Waals surface area (Å²) in [5.74, 6) is -0.954. The lowest BCUT2D eigenvalue weighted by atomic mass is 10.2. The van der Waals surface area contributed by atoms with Crippen LogP contribution in [-0.4, -0.2) is 31.2 Å². The van der Waals surface area contributed by atoms with E-state index in [2.05, 4.69) is 10.6 Å². The summed E-state index contributed by atoms with van der Waals surface area (Å²) >= 11 is 7.46. The Balaban J connectivity index is 1.68. The Morgan fingerprint density at radius 2 is 2.00 bits per heavy atom. The second-order valence-corrected chi connectivity index (χ2v) is 10.4. The maximum Gasteiger partial charge on any atom is 0.237 e. The van der Waals surface area contributed by atoms with Gasteiger partial charge in [-0.3, -0.25) is 9.59 Å². The van der Waals surface area contributed by atoms with E-state index in [0.29, 0.717) is 16.4 Å². The number of thioether (sulfide) groups is 1. The van der Waals surface area contributed by atoms with E-state index in [9.17, 15) is 18.0 Å². The van der Waals surface area contributed by atoms with Gasteiger partial charge in [0, 0.05) is 11.3 Å². The predicted octanol–water partition coefficient (Wildman–Crippen LogP) is 3.88. The topological polar surface area (TPSA) is 92.3 Å². The molecule has 1 aliphatic heterocycles. The van der Waals surface area contributed by atoms with Gasteiger partial charge in [-0.25, -0.2) is 8.42 Å². The van der Waals surface area contributed by atoms with Crippen LogP contribution in [0.2, 0.25) is 5.02 Å². The second-order valence-electron chi connectivity index (χ2n) is 6.51. The first kappa shape index (κ1) is 20.7. The second kappa shape index (κ2) is 8.14. The van der Waals surface area contributed by atoms with Crippen LogP contribution in [0.4, 0.5) is 11.4 Å². The van der Waals surface area contributed by atoms with Crippen LogP contribution >= 0.6 is 23.4 Å². The highest BCUT2D eigenvalue weighted by Crippen LogP contribution is 2.37. The van der Waals surface area contributed by atoms with Crippen molar-refractivity contribution in [2.75, 3.05) is 16.4 Å². The molecule has 148 valence electrons. The lowest BCUT2D eigenvalue weighted by Gasteiger charge is -2.21. The molecule has 1 atom stereocenters. The van der Waals surface area contributed by atoms with Crippen molar-refractivity contribution in [3.05, 3.63) is 47.0 Å². The molecule has 2 N–H and O–H groups in total. The first-order valence-electron chi connectivity index (χ1n) is 8.56. The number of aryl methyl sites for hydroxylation is 1. The molecule has 0 saturated carbocycles. The Morgan fingerprint density at radius 3 is 2.71 bits per heavy atom. The number of hydrogen-bond donors (Lipinski definition) is 2. The minimum absolute atomic E-state index is 0.0721. The molecule has 1 aliphatic rings. The third-order valence-corrected chi connectivity index (χ3v) is 7.44. The first-order valence-corrected chi connectivity index (χ1v) is 11.5. The van der Waals surface area contributed by atoms with Crippen molar-refractivity contribution in [3.63, 3.8) is 0 Å². The smallest absolute Gasteiger partial charge is 0.237 e. The minimum atomic E-state index is -3.68. The zero-order valence-corrected chi connectivity index (χ0v) is 17.7. The van der Waals surface area contributed by atoms with E-state index in [1.165, 1.54) is 23.9 Å². The molecule has 2 aromatic rings. The number of nitrogens with one attached hydrogen (secondary N) is 2. The van der Waals surface area contributed by atoms with Crippen molar-refractivity contribution in [1.29, 1.82) is 0 Å². The maximum absolute atomic E-state index is 12.6. The van der Waals surface area contributed by atoms with Crippen molar-refractivity contribution < 1.29 is 18.0 Å². The van der Waals surface area contributed by atoms with Gasteiger partial charge in [-0.1, -0.05) is 17.7 Å². The number of rotatable bonds is 5. The van der Waals surface area contributed by atoms with Gasteiger partial charge in [-0.2, -0.15) is 0 Å². The van der Waals surface area contributed by atoms with Crippen molar-refractivity contribution >= 4 is 56.4 Å². The fraction of sp³-hybridized carbons (Fsp3) is 0.263. The molecule has 3 rings (SSSR count). The van der Waals surface area contributed by atoms with Gasteiger partial charge in [0.05, 0.1) is 32.3 Å². The van der Waals surface area contributed by atoms with E-state index >= 15 is 0 Å². The molecular formula is C19H19ClN2O4S2. The summed E-state index contributed by atoms with van der Waals surface area (Å²) in [6.45, 7) is 3.66. The van der Waals surface area contributed by atoms with E-state index < -0.39 is 15.7 Å². The van der Waals surface area contributed by atoms with E-state index in [-0.39, 0.29) is 28.2 Å². The lowest BCUT2D eigenvalue weighted by molar-refractivity contribution is -0.116. The van der Waals surface area contributed by atoms with E-state index in [4.69, 9.17) is 11.6 Å². The number of benzene rings is 2. The Kier molecular flexibility index (Phi) is 6.02. The fourth-order valence-corrected chi connectivity index (χ4v) is 5.14. The maximum atomic E-state index is 12.6. The molecule has 0 bridgehead atoms. The summed E-state index contributed by atoms with van der Waals surface area (Å²) in [6.07, 6.45) is -0.207. The van der Waals surface area contributed by atoms with E-state index in [1.807, 2.05) is 6.92 Å². The Hall–Kier alpha value is -2.03. The molecule has 9 heteroatoms. The van der Waals surface area contributed by atoms with Gasteiger partial charge in [0.1, 0.15) is 0 Å². The molecule has 0 unspecified atom stereocenters. The highest BCUT2D eigenvalue weighted by molar-refractivity contribution is 8.01. The van der Waals surface area contributed by atoms with Crippen LogP contribution in [0.15, 0.2) is 46.2 Å². The quantitative estimate of drug-likeness (QED) is 0.738. The molecule has 2 aromatic carbocycles. The molecule has 2 amide bonds. The molecule has 6 nitrogen and oxygen atoms in total. The number of fused-ring (bicyclic) bond motifs is 1. The number of carbonyl (C=O) groups is 2. The monoisotopic (exact) mass is 438 g/mol. The highest BCUT2D eigenvalue weighted by atomic mass is 35.5. The van der Waals surface area contributed by atoms with Crippen LogP contribution in [0.1, 0.15) is 18.9 Å². The van der Waals surface area contributed by atoms with Crippen molar-refractivity contribution in [1.82, 2.24) is 0 Å². The Labute approximate surface area is 173 Å². The number of halogens is 1. The molecule has 0 aliphatic carbocycles. The average molecular weight is 439 g/mol. The highest BCUT2D eigenvalue weighted by Gasteiger charge is 2.25. The lowest BCUT2D eigenvalue weighted by Crippen LogP contribution is -2.26. The molecular weight excluding hydrogens is 420 g/mol. The first-order chi connectivity index (χ1) is 13.2. The summed E-state index contributed by atoms with van der Waals surface area (Å²) in [4.78, 5) is 24.8. The van der Waals surface area contributed by atoms with E-state index in [0.717, 1.165) is 10.5 Å². The number of amides is 2. The molecule has 0 radical (unpaired) electrons. The van der Waals surface area contributed by atoms with Crippen molar-refractivity contribution in [3.8, 4) is 0 Å². The number of hydrogen-bond acceptors (Lipinski definition) is 5. The van der Waals surface area contributed by atoms with Crippen LogP contribution in [-0.2, 0) is 19.4 Å². The third kappa shape index (κ3) is 4.68. The van der Waals surface area contributed by atoms with Gasteiger partial charge in [-0.05, 0) is 49.7 Å². The largest absolute Gasteiger partial charge is 0.325 e. The van der Waals surface area contributed by atoms with Gasteiger partial charge in [0.2, 0.25) is 11.8 Å². The van der Waals surface area contributed by atoms with Crippen LogP contribution in [0.3, 0.4) is 0 Å². The van der Waals surface area contributed by atoms with Crippen LogP contribution in [0.5, 0.6) is 0 Å². The van der Waals surface area contributed by atoms with Crippen LogP contribution in [0, 0.1) is 6.92 Å². The standard InChI is InChI=1S/C19H19ClN2O4S2/c1-11-3-5-15(14(20)9-11)21-18(23)7-8-28(25,26)13-4-6-17-16(10-13)22-19(24)12(2)27-17/h3-6,9-10,12H,7-8H2,1-2H3,(H,21,23)(H,22,24)/t12-/m1/s1. The van der Waals surface area contributed by atoms with Crippen LogP contribution in [0.25, 0.3) is 0 Å². The predicted molar refractivity (Wildman–Crippen MR) is 112 cm³/mol. The summed E-state index contributed by atoms with van der Waals surface area (Å²) < 4.78 is 25.2. The number of sulfone groups is 1. The van der Waals surface area contributed by atoms with Gasteiger partial charge in [0.25, 0.3) is 0 Å². The Morgan fingerprint density at radius 1 is 1.25 bits per heavy atom. The molecule has 1 heterocycles. The molecule has 28 heavy (non-hydrogen) atoms. The van der Waals surface area contributed by atoms with Gasteiger partial charge in [-0.15, -0.1) is 11.8 Å². The number of anilines is 2. The molecule has 0 aromatic heterocycles. The molecule has 0 spiro atoms. The molecule has 0 fully saturated rings. The fourth-order valence-electron chi connectivity index (χ4n) is 2.66. The van der Waals surface area contributed by atoms with Gasteiger partial charge in [0.15, 0.2) is 9.84 Å².